The molecule has 1 aliphatic heterocycles. The van der Waals surface area contributed by atoms with Crippen molar-refractivity contribution in [3.8, 4) is 0 Å². The van der Waals surface area contributed by atoms with Crippen molar-refractivity contribution in [1.82, 2.24) is 4.90 Å². The van der Waals surface area contributed by atoms with Crippen molar-refractivity contribution >= 4 is 11.9 Å². The lowest BCUT2D eigenvalue weighted by molar-refractivity contribution is -0.117. The Morgan fingerprint density at radius 1 is 1.80 bits per heavy atom. The van der Waals surface area contributed by atoms with Gasteiger partial charge in [-0.3, -0.25) is 9.69 Å². The summed E-state index contributed by atoms with van der Waals surface area (Å²) in [6, 6.07) is 0. The molecule has 4 heteroatoms. The number of hydrogen-bond donors (Lipinski definition) is 0. The van der Waals surface area contributed by atoms with E-state index in [4.69, 9.17) is 0 Å². The minimum atomic E-state index is -0.379. The maximum atomic E-state index is 10.7. The Morgan fingerprint density at radius 3 is 2.90 bits per heavy atom. The van der Waals surface area contributed by atoms with Crippen LogP contribution in [-0.2, 0) is 9.53 Å². The third kappa shape index (κ3) is 1.46. The monoisotopic (exact) mass is 143 g/mol. The van der Waals surface area contributed by atoms with E-state index in [1.807, 2.05) is 0 Å². The number of nitrogens with zero attached hydrogens (tertiary/aromatic N) is 1. The van der Waals surface area contributed by atoms with E-state index in [9.17, 15) is 9.59 Å². The zero-order valence-corrected chi connectivity index (χ0v) is 5.79. The molecule has 1 rings (SSSR count). The molecule has 1 aliphatic rings. The quantitative estimate of drug-likeness (QED) is 0.547. The third-order valence-corrected chi connectivity index (χ3v) is 1.26. The van der Waals surface area contributed by atoms with Crippen molar-refractivity contribution in [3.05, 3.63) is 0 Å². The highest BCUT2D eigenvalue weighted by Crippen LogP contribution is 2.01. The first-order valence-corrected chi connectivity index (χ1v) is 3.11. The van der Waals surface area contributed by atoms with E-state index >= 15 is 0 Å². The predicted molar refractivity (Wildman–Crippen MR) is 33.6 cm³/mol. The van der Waals surface area contributed by atoms with Gasteiger partial charge in [0.1, 0.15) is 12.4 Å². The lowest BCUT2D eigenvalue weighted by Gasteiger charge is -2.08. The molecule has 0 saturated carbocycles. The van der Waals surface area contributed by atoms with Crippen molar-refractivity contribution in [2.24, 2.45) is 0 Å². The molecule has 0 aliphatic carbocycles. The van der Waals surface area contributed by atoms with Gasteiger partial charge in [0.2, 0.25) is 0 Å². The summed E-state index contributed by atoms with van der Waals surface area (Å²) in [6.07, 6.45) is -0.379. The second-order valence-corrected chi connectivity index (χ2v) is 2.24. The highest BCUT2D eigenvalue weighted by Gasteiger charge is 2.22. The second kappa shape index (κ2) is 2.68. The molecule has 56 valence electrons. The van der Waals surface area contributed by atoms with Crippen molar-refractivity contribution in [2.45, 2.75) is 6.92 Å². The van der Waals surface area contributed by atoms with Crippen LogP contribution in [0.5, 0.6) is 0 Å². The Hall–Kier alpha value is -1.06. The smallest absolute Gasteiger partial charge is 0.410 e. The second-order valence-electron chi connectivity index (χ2n) is 2.24. The Bertz CT molecular complexity index is 166. The molecular formula is C6H9NO3. The van der Waals surface area contributed by atoms with Gasteiger partial charge in [-0.25, -0.2) is 4.79 Å². The van der Waals surface area contributed by atoms with Gasteiger partial charge < -0.3 is 4.74 Å². The normalized spacial score (nSPS) is 17.3. The van der Waals surface area contributed by atoms with Gasteiger partial charge in [0.05, 0.1) is 13.1 Å². The standard InChI is InChI=1S/C6H9NO3/c1-5(8)4-7-2-3-10-6(7)9/h2-4H2,1H3. The fraction of sp³-hybridized carbons (Fsp3) is 0.667. The van der Waals surface area contributed by atoms with Gasteiger partial charge in [0.15, 0.2) is 0 Å². The van der Waals surface area contributed by atoms with Gasteiger partial charge in [0, 0.05) is 0 Å². The summed E-state index contributed by atoms with van der Waals surface area (Å²) in [5, 5.41) is 0. The van der Waals surface area contributed by atoms with E-state index in [0.717, 1.165) is 0 Å². The first-order valence-electron chi connectivity index (χ1n) is 3.11. The SMILES string of the molecule is CC(=O)CN1CCOC1=O. The van der Waals surface area contributed by atoms with Crippen LogP contribution in [0.15, 0.2) is 0 Å². The number of ketones is 1. The number of amides is 1. The summed E-state index contributed by atoms with van der Waals surface area (Å²) in [4.78, 5) is 22.5. The van der Waals surface area contributed by atoms with Crippen LogP contribution in [-0.4, -0.2) is 36.5 Å². The number of carbonyl (C=O) groups excluding carboxylic acids is 2. The van der Waals surface area contributed by atoms with Crippen LogP contribution in [0.3, 0.4) is 0 Å². The fourth-order valence-electron chi connectivity index (χ4n) is 0.838. The third-order valence-electron chi connectivity index (χ3n) is 1.26. The summed E-state index contributed by atoms with van der Waals surface area (Å²) in [7, 11) is 0. The number of carbonyl (C=O) groups is 2. The topological polar surface area (TPSA) is 46.6 Å². The van der Waals surface area contributed by atoms with Crippen LogP contribution in [0.25, 0.3) is 0 Å². The Morgan fingerprint density at radius 2 is 2.50 bits per heavy atom. The van der Waals surface area contributed by atoms with Crippen LogP contribution >= 0.6 is 0 Å². The highest BCUT2D eigenvalue weighted by atomic mass is 16.6. The Labute approximate surface area is 58.8 Å². The number of Topliss-reactive ketones (excluding diaryl/α,β-unsaturated/α-hetero) is 1. The molecule has 1 heterocycles. The summed E-state index contributed by atoms with van der Waals surface area (Å²) in [5.74, 6) is -0.0150. The van der Waals surface area contributed by atoms with E-state index in [0.29, 0.717) is 13.2 Å². The predicted octanol–water partition coefficient (Wildman–Crippen LogP) is 0.0276. The van der Waals surface area contributed by atoms with Gasteiger partial charge in [0.25, 0.3) is 0 Å². The molecule has 0 spiro atoms. The van der Waals surface area contributed by atoms with E-state index in [-0.39, 0.29) is 18.4 Å². The zero-order chi connectivity index (χ0) is 7.56. The number of cyclic esters (lactones) is 1. The van der Waals surface area contributed by atoms with Crippen molar-refractivity contribution < 1.29 is 14.3 Å². The number of hydrogen-bond acceptors (Lipinski definition) is 3. The van der Waals surface area contributed by atoms with E-state index in [1.165, 1.54) is 11.8 Å². The van der Waals surface area contributed by atoms with Crippen LogP contribution in [0.1, 0.15) is 6.92 Å². The number of ether oxygens (including phenoxy) is 1. The molecule has 0 bridgehead atoms. The van der Waals surface area contributed by atoms with Crippen molar-refractivity contribution in [1.29, 1.82) is 0 Å². The largest absolute Gasteiger partial charge is 0.448 e. The molecular weight excluding hydrogens is 134 g/mol. The van der Waals surface area contributed by atoms with Crippen molar-refractivity contribution in [2.75, 3.05) is 19.7 Å². The van der Waals surface area contributed by atoms with Gasteiger partial charge in [-0.1, -0.05) is 0 Å². The lowest BCUT2D eigenvalue weighted by atomic mass is 10.4. The van der Waals surface area contributed by atoms with E-state index in [2.05, 4.69) is 4.74 Å². The van der Waals surface area contributed by atoms with Crippen LogP contribution < -0.4 is 0 Å². The fourth-order valence-corrected chi connectivity index (χ4v) is 0.838. The summed E-state index contributed by atoms with van der Waals surface area (Å²) < 4.78 is 4.60. The van der Waals surface area contributed by atoms with Gasteiger partial charge in [-0.2, -0.15) is 0 Å². The minimum Gasteiger partial charge on any atom is -0.448 e. The van der Waals surface area contributed by atoms with Crippen molar-refractivity contribution in [3.63, 3.8) is 0 Å². The Balaban J connectivity index is 2.40. The summed E-state index contributed by atoms with van der Waals surface area (Å²) in [5.41, 5.74) is 0. The molecule has 1 fully saturated rings. The van der Waals surface area contributed by atoms with Gasteiger partial charge in [-0.15, -0.1) is 0 Å². The van der Waals surface area contributed by atoms with Crippen LogP contribution in [0, 0.1) is 0 Å². The molecule has 1 saturated heterocycles. The average Bonchev–Trinajstić information content (AvgIpc) is 2.15. The molecule has 0 aromatic rings. The average molecular weight is 143 g/mol. The first kappa shape index (κ1) is 7.05. The molecule has 10 heavy (non-hydrogen) atoms. The van der Waals surface area contributed by atoms with Gasteiger partial charge >= 0.3 is 6.09 Å². The lowest BCUT2D eigenvalue weighted by Crippen LogP contribution is -2.29. The molecule has 0 atom stereocenters. The van der Waals surface area contributed by atoms with Crippen LogP contribution in [0.2, 0.25) is 0 Å². The molecule has 0 aromatic carbocycles. The van der Waals surface area contributed by atoms with Gasteiger partial charge in [-0.05, 0) is 6.92 Å². The zero-order valence-electron chi connectivity index (χ0n) is 5.79. The highest BCUT2D eigenvalue weighted by molar-refractivity contribution is 5.82. The maximum Gasteiger partial charge on any atom is 0.410 e. The molecule has 1 amide bonds. The van der Waals surface area contributed by atoms with E-state index in [1.54, 1.807) is 0 Å². The van der Waals surface area contributed by atoms with E-state index < -0.39 is 0 Å². The molecule has 0 radical (unpaired) electrons. The summed E-state index contributed by atoms with van der Waals surface area (Å²) >= 11 is 0. The Kier molecular flexibility index (Phi) is 1.89. The van der Waals surface area contributed by atoms with Crippen LogP contribution in [0.4, 0.5) is 4.79 Å². The molecule has 0 unspecified atom stereocenters. The summed E-state index contributed by atoms with van der Waals surface area (Å²) in [6.45, 7) is 2.58. The molecule has 0 N–H and O–H groups in total. The maximum absolute atomic E-state index is 10.7. The molecule has 0 aromatic heterocycles. The minimum absolute atomic E-state index is 0.0150. The molecule has 4 nitrogen and oxygen atoms in total. The first-order chi connectivity index (χ1) is 4.70. The number of rotatable bonds is 2.